The lowest BCUT2D eigenvalue weighted by Crippen LogP contribution is -2.39. The third-order valence-corrected chi connectivity index (χ3v) is 3.32. The van der Waals surface area contributed by atoms with Crippen LogP contribution in [0, 0.1) is 5.92 Å². The molecule has 1 aliphatic rings. The van der Waals surface area contributed by atoms with Crippen LogP contribution in [0.3, 0.4) is 0 Å². The lowest BCUT2D eigenvalue weighted by atomic mass is 9.86. The summed E-state index contributed by atoms with van der Waals surface area (Å²) in [4.78, 5) is 33.5. The normalized spacial score (nSPS) is 22.7. The van der Waals surface area contributed by atoms with Gasteiger partial charge >= 0.3 is 5.97 Å². The lowest BCUT2D eigenvalue weighted by Gasteiger charge is -2.26. The highest BCUT2D eigenvalue weighted by molar-refractivity contribution is 5.92. The third-order valence-electron chi connectivity index (χ3n) is 3.32. The number of nitrogens with one attached hydrogen (secondary N) is 2. The summed E-state index contributed by atoms with van der Waals surface area (Å²) in [5.41, 5.74) is -0.210. The summed E-state index contributed by atoms with van der Waals surface area (Å²) in [5.74, 6) is -1.43. The molecule has 3 N–H and O–H groups in total. The fourth-order valence-corrected chi connectivity index (χ4v) is 2.21. The van der Waals surface area contributed by atoms with Gasteiger partial charge in [-0.1, -0.05) is 0 Å². The maximum absolute atomic E-state index is 11.8. The molecular weight excluding hydrogens is 250 g/mol. The van der Waals surface area contributed by atoms with Gasteiger partial charge < -0.3 is 10.4 Å². The second kappa shape index (κ2) is 5.64. The van der Waals surface area contributed by atoms with Crippen molar-refractivity contribution in [2.45, 2.75) is 31.7 Å². The first-order chi connectivity index (χ1) is 9.06. The van der Waals surface area contributed by atoms with Crippen molar-refractivity contribution in [3.63, 3.8) is 0 Å². The molecule has 1 aromatic rings. The van der Waals surface area contributed by atoms with Crippen LogP contribution in [0.4, 0.5) is 0 Å². The zero-order chi connectivity index (χ0) is 13.8. The number of carbonyl (C=O) groups excluding carboxylic acids is 1. The minimum Gasteiger partial charge on any atom is -0.481 e. The Morgan fingerprint density at radius 1 is 1.26 bits per heavy atom. The largest absolute Gasteiger partial charge is 0.481 e. The molecule has 0 spiro atoms. The summed E-state index contributed by atoms with van der Waals surface area (Å²) in [6.45, 7) is 0. The maximum Gasteiger partial charge on any atom is 0.306 e. The molecule has 0 radical (unpaired) electrons. The number of H-pyrrole nitrogens is 1. The highest BCUT2D eigenvalue weighted by Crippen LogP contribution is 2.24. The molecule has 1 aliphatic carbocycles. The summed E-state index contributed by atoms with van der Waals surface area (Å²) in [6.07, 6.45) is 2.43. The summed E-state index contributed by atoms with van der Waals surface area (Å²) >= 11 is 0. The monoisotopic (exact) mass is 265 g/mol. The average molecular weight is 265 g/mol. The Balaban J connectivity index is 1.89. The predicted octanol–water partition coefficient (Wildman–Crippen LogP) is 0.143. The molecule has 0 aromatic carbocycles. The van der Waals surface area contributed by atoms with Crippen molar-refractivity contribution in [2.24, 2.45) is 5.92 Å². The molecule has 7 nitrogen and oxygen atoms in total. The number of carboxylic acid groups (broad SMARTS) is 1. The minimum atomic E-state index is -0.771. The summed E-state index contributed by atoms with van der Waals surface area (Å²) in [5, 5.41) is 17.5. The van der Waals surface area contributed by atoms with Crippen LogP contribution in [0.15, 0.2) is 16.9 Å². The fraction of sp³-hybridized carbons (Fsp3) is 0.500. The van der Waals surface area contributed by atoms with E-state index in [0.717, 1.165) is 0 Å². The van der Waals surface area contributed by atoms with Crippen molar-refractivity contribution >= 4 is 11.9 Å². The molecule has 0 aliphatic heterocycles. The maximum atomic E-state index is 11.8. The van der Waals surface area contributed by atoms with Crippen molar-refractivity contribution in [3.05, 3.63) is 28.2 Å². The zero-order valence-electron chi connectivity index (χ0n) is 10.3. The molecule has 0 saturated heterocycles. The SMILES string of the molecule is O=C(NC1CCC(C(=O)O)CC1)c1ccc(=O)[nH]n1. The van der Waals surface area contributed by atoms with Gasteiger partial charge in [0.15, 0.2) is 0 Å². The van der Waals surface area contributed by atoms with Crippen LogP contribution in [0.2, 0.25) is 0 Å². The van der Waals surface area contributed by atoms with Crippen LogP contribution < -0.4 is 10.9 Å². The molecule has 1 saturated carbocycles. The number of aliphatic carboxylic acids is 1. The smallest absolute Gasteiger partial charge is 0.306 e. The first-order valence-corrected chi connectivity index (χ1v) is 6.15. The molecule has 1 amide bonds. The Bertz CT molecular complexity index is 512. The number of carboxylic acids is 1. The standard InChI is InChI=1S/C12H15N3O4/c16-10-6-5-9(14-15-10)11(17)13-8-3-1-7(2-4-8)12(18)19/h5-8H,1-4H2,(H,13,17)(H,15,16)(H,18,19). The average Bonchev–Trinajstić information content (AvgIpc) is 2.40. The highest BCUT2D eigenvalue weighted by atomic mass is 16.4. The van der Waals surface area contributed by atoms with E-state index >= 15 is 0 Å². The Morgan fingerprint density at radius 3 is 2.47 bits per heavy atom. The third kappa shape index (κ3) is 3.40. The second-order valence-corrected chi connectivity index (χ2v) is 4.67. The van der Waals surface area contributed by atoms with Crippen molar-refractivity contribution in [1.82, 2.24) is 15.5 Å². The van der Waals surface area contributed by atoms with E-state index in [1.165, 1.54) is 12.1 Å². The number of aromatic amines is 1. The molecule has 0 unspecified atom stereocenters. The summed E-state index contributed by atoms with van der Waals surface area (Å²) in [6, 6.07) is 2.57. The van der Waals surface area contributed by atoms with E-state index in [2.05, 4.69) is 15.5 Å². The van der Waals surface area contributed by atoms with Gasteiger partial charge in [-0.3, -0.25) is 14.4 Å². The number of nitrogens with zero attached hydrogens (tertiary/aromatic N) is 1. The Kier molecular flexibility index (Phi) is 3.94. The molecule has 102 valence electrons. The number of carbonyl (C=O) groups is 2. The number of rotatable bonds is 3. The number of hydrogen-bond donors (Lipinski definition) is 3. The van der Waals surface area contributed by atoms with Crippen LogP contribution in [-0.2, 0) is 4.79 Å². The van der Waals surface area contributed by atoms with Gasteiger partial charge in [-0.25, -0.2) is 5.10 Å². The topological polar surface area (TPSA) is 112 Å². The van der Waals surface area contributed by atoms with Gasteiger partial charge in [0.05, 0.1) is 5.92 Å². The zero-order valence-corrected chi connectivity index (χ0v) is 10.3. The second-order valence-electron chi connectivity index (χ2n) is 4.67. The highest BCUT2D eigenvalue weighted by Gasteiger charge is 2.27. The van der Waals surface area contributed by atoms with E-state index in [-0.39, 0.29) is 29.1 Å². The molecule has 1 aromatic heterocycles. The quantitative estimate of drug-likeness (QED) is 0.719. The Labute approximate surface area is 109 Å². The summed E-state index contributed by atoms with van der Waals surface area (Å²) in [7, 11) is 0. The van der Waals surface area contributed by atoms with Crippen molar-refractivity contribution in [1.29, 1.82) is 0 Å². The van der Waals surface area contributed by atoms with Crippen molar-refractivity contribution in [2.75, 3.05) is 0 Å². The molecular formula is C12H15N3O4. The van der Waals surface area contributed by atoms with Crippen LogP contribution in [-0.4, -0.2) is 33.2 Å². The Hall–Kier alpha value is -2.18. The van der Waals surface area contributed by atoms with E-state index in [4.69, 9.17) is 5.11 Å². The fourth-order valence-electron chi connectivity index (χ4n) is 2.21. The van der Waals surface area contributed by atoms with Crippen LogP contribution >= 0.6 is 0 Å². The van der Waals surface area contributed by atoms with Crippen LogP contribution in [0.1, 0.15) is 36.2 Å². The van der Waals surface area contributed by atoms with Crippen LogP contribution in [0.25, 0.3) is 0 Å². The molecule has 0 bridgehead atoms. The van der Waals surface area contributed by atoms with Crippen molar-refractivity contribution in [3.8, 4) is 0 Å². The molecule has 19 heavy (non-hydrogen) atoms. The molecule has 0 atom stereocenters. The molecule has 1 heterocycles. The summed E-state index contributed by atoms with van der Waals surface area (Å²) < 4.78 is 0. The van der Waals surface area contributed by atoms with Gasteiger partial charge in [-0.15, -0.1) is 0 Å². The number of aromatic nitrogens is 2. The van der Waals surface area contributed by atoms with E-state index in [1.54, 1.807) is 0 Å². The van der Waals surface area contributed by atoms with Gasteiger partial charge in [0, 0.05) is 12.1 Å². The van der Waals surface area contributed by atoms with Crippen molar-refractivity contribution < 1.29 is 14.7 Å². The number of amides is 1. The minimum absolute atomic E-state index is 0.0307. The van der Waals surface area contributed by atoms with Gasteiger partial charge in [0.2, 0.25) is 0 Å². The van der Waals surface area contributed by atoms with Gasteiger partial charge in [0.25, 0.3) is 11.5 Å². The van der Waals surface area contributed by atoms with E-state index in [0.29, 0.717) is 25.7 Å². The first kappa shape index (κ1) is 13.3. The van der Waals surface area contributed by atoms with E-state index in [1.807, 2.05) is 0 Å². The Morgan fingerprint density at radius 2 is 1.95 bits per heavy atom. The van der Waals surface area contributed by atoms with Crippen LogP contribution in [0.5, 0.6) is 0 Å². The van der Waals surface area contributed by atoms with Gasteiger partial charge in [-0.05, 0) is 31.7 Å². The number of hydrogen-bond acceptors (Lipinski definition) is 4. The first-order valence-electron chi connectivity index (χ1n) is 6.15. The molecule has 7 heteroatoms. The van der Waals surface area contributed by atoms with Gasteiger partial charge in [0.1, 0.15) is 5.69 Å². The predicted molar refractivity (Wildman–Crippen MR) is 65.7 cm³/mol. The van der Waals surface area contributed by atoms with Gasteiger partial charge in [-0.2, -0.15) is 5.10 Å². The molecule has 1 fully saturated rings. The van der Waals surface area contributed by atoms with E-state index < -0.39 is 5.97 Å². The molecule has 2 rings (SSSR count). The van der Waals surface area contributed by atoms with E-state index in [9.17, 15) is 14.4 Å². The lowest BCUT2D eigenvalue weighted by molar-refractivity contribution is -0.142.